The summed E-state index contributed by atoms with van der Waals surface area (Å²) in [5.41, 5.74) is 5.22. The Morgan fingerprint density at radius 2 is 2.00 bits per heavy atom. The van der Waals surface area contributed by atoms with Gasteiger partial charge in [-0.25, -0.2) is 0 Å². The van der Waals surface area contributed by atoms with E-state index in [0.717, 1.165) is 25.7 Å². The van der Waals surface area contributed by atoms with Crippen LogP contribution in [-0.4, -0.2) is 41.8 Å². The second-order valence-electron chi connectivity index (χ2n) is 5.36. The van der Waals surface area contributed by atoms with Crippen molar-refractivity contribution in [2.24, 2.45) is 11.7 Å². The fourth-order valence-electron chi connectivity index (χ4n) is 2.88. The number of rotatable bonds is 4. The molecule has 0 aromatic rings. The van der Waals surface area contributed by atoms with Gasteiger partial charge < -0.3 is 20.9 Å². The van der Waals surface area contributed by atoms with Crippen LogP contribution < -0.4 is 11.1 Å². The minimum Gasteiger partial charge on any atom is -0.481 e. The van der Waals surface area contributed by atoms with Gasteiger partial charge in [0.2, 0.25) is 5.91 Å². The summed E-state index contributed by atoms with van der Waals surface area (Å²) in [5.74, 6) is -1.39. The van der Waals surface area contributed by atoms with Crippen molar-refractivity contribution in [2.75, 3.05) is 13.2 Å². The monoisotopic (exact) mass is 256 g/mol. The molecule has 2 unspecified atom stereocenters. The van der Waals surface area contributed by atoms with Gasteiger partial charge in [0.25, 0.3) is 0 Å². The highest BCUT2D eigenvalue weighted by molar-refractivity contribution is 5.81. The largest absolute Gasteiger partial charge is 0.481 e. The van der Waals surface area contributed by atoms with Gasteiger partial charge >= 0.3 is 5.97 Å². The van der Waals surface area contributed by atoms with Crippen molar-refractivity contribution in [3.63, 3.8) is 0 Å². The summed E-state index contributed by atoms with van der Waals surface area (Å²) in [7, 11) is 0. The molecule has 6 heteroatoms. The van der Waals surface area contributed by atoms with E-state index in [2.05, 4.69) is 5.32 Å². The number of hydrogen-bond acceptors (Lipinski definition) is 4. The van der Waals surface area contributed by atoms with Gasteiger partial charge in [-0.3, -0.25) is 9.59 Å². The molecule has 2 atom stereocenters. The molecule has 1 heterocycles. The van der Waals surface area contributed by atoms with Crippen LogP contribution in [0.1, 0.15) is 32.1 Å². The number of carboxylic acids is 1. The molecule has 1 amide bonds. The molecule has 102 valence electrons. The number of carbonyl (C=O) groups is 2. The van der Waals surface area contributed by atoms with Gasteiger partial charge in [0, 0.05) is 6.04 Å². The topological polar surface area (TPSA) is 102 Å². The van der Waals surface area contributed by atoms with Crippen LogP contribution in [0.25, 0.3) is 0 Å². The lowest BCUT2D eigenvalue weighted by atomic mass is 9.91. The Labute approximate surface area is 106 Å². The molecule has 1 aliphatic carbocycles. The van der Waals surface area contributed by atoms with E-state index in [9.17, 15) is 9.59 Å². The summed E-state index contributed by atoms with van der Waals surface area (Å²) in [5, 5.41) is 11.9. The van der Waals surface area contributed by atoms with Crippen LogP contribution in [0, 0.1) is 5.92 Å². The average molecular weight is 256 g/mol. The van der Waals surface area contributed by atoms with E-state index in [4.69, 9.17) is 15.6 Å². The van der Waals surface area contributed by atoms with Gasteiger partial charge in [0.1, 0.15) is 0 Å². The fourth-order valence-corrected chi connectivity index (χ4v) is 2.88. The zero-order valence-corrected chi connectivity index (χ0v) is 10.4. The molecule has 0 aromatic carbocycles. The van der Waals surface area contributed by atoms with E-state index in [1.54, 1.807) is 0 Å². The maximum absolute atomic E-state index is 12.1. The Hall–Kier alpha value is -1.14. The van der Waals surface area contributed by atoms with Crippen molar-refractivity contribution in [3.05, 3.63) is 0 Å². The highest BCUT2D eigenvalue weighted by Crippen LogP contribution is 2.33. The SMILES string of the molecule is NC1COCC1C(=O)NC1(CC(=O)O)CCCC1. The first kappa shape index (κ1) is 13.3. The minimum absolute atomic E-state index is 0.0123. The van der Waals surface area contributed by atoms with Crippen molar-refractivity contribution >= 4 is 11.9 Å². The Kier molecular flexibility index (Phi) is 3.87. The molecule has 2 rings (SSSR count). The molecule has 2 aliphatic rings. The zero-order chi connectivity index (χ0) is 13.2. The molecule has 0 spiro atoms. The lowest BCUT2D eigenvalue weighted by Crippen LogP contribution is -2.52. The van der Waals surface area contributed by atoms with Crippen LogP contribution in [0.4, 0.5) is 0 Å². The number of nitrogens with two attached hydrogens (primary N) is 1. The van der Waals surface area contributed by atoms with Gasteiger partial charge in [-0.2, -0.15) is 0 Å². The third-order valence-electron chi connectivity index (χ3n) is 3.90. The predicted octanol–water partition coefficient (Wildman–Crippen LogP) is -0.136. The first-order valence-corrected chi connectivity index (χ1v) is 6.40. The van der Waals surface area contributed by atoms with Crippen molar-refractivity contribution < 1.29 is 19.4 Å². The van der Waals surface area contributed by atoms with Gasteiger partial charge in [0.05, 0.1) is 31.1 Å². The van der Waals surface area contributed by atoms with E-state index < -0.39 is 11.5 Å². The standard InChI is InChI=1S/C12H20N2O4/c13-9-7-18-6-8(9)11(17)14-12(5-10(15)16)3-1-2-4-12/h8-9H,1-7,13H2,(H,14,17)(H,15,16). The van der Waals surface area contributed by atoms with E-state index in [1.165, 1.54) is 0 Å². The summed E-state index contributed by atoms with van der Waals surface area (Å²) < 4.78 is 5.17. The maximum atomic E-state index is 12.1. The van der Waals surface area contributed by atoms with E-state index in [1.807, 2.05) is 0 Å². The molecule has 0 radical (unpaired) electrons. The van der Waals surface area contributed by atoms with Crippen molar-refractivity contribution in [1.29, 1.82) is 0 Å². The Balaban J connectivity index is 2.00. The molecule has 6 nitrogen and oxygen atoms in total. The average Bonchev–Trinajstić information content (AvgIpc) is 2.86. The number of nitrogens with one attached hydrogen (secondary N) is 1. The summed E-state index contributed by atoms with van der Waals surface area (Å²) in [6.45, 7) is 0.722. The molecule has 2 fully saturated rings. The van der Waals surface area contributed by atoms with Gasteiger partial charge in [-0.15, -0.1) is 0 Å². The van der Waals surface area contributed by atoms with Gasteiger partial charge in [-0.1, -0.05) is 12.8 Å². The van der Waals surface area contributed by atoms with Crippen LogP contribution >= 0.6 is 0 Å². The quantitative estimate of drug-likeness (QED) is 0.650. The lowest BCUT2D eigenvalue weighted by molar-refractivity contribution is -0.139. The molecule has 0 bridgehead atoms. The number of amides is 1. The summed E-state index contributed by atoms with van der Waals surface area (Å²) >= 11 is 0. The third-order valence-corrected chi connectivity index (χ3v) is 3.90. The van der Waals surface area contributed by atoms with E-state index >= 15 is 0 Å². The van der Waals surface area contributed by atoms with E-state index in [-0.39, 0.29) is 24.3 Å². The van der Waals surface area contributed by atoms with Crippen molar-refractivity contribution in [2.45, 2.75) is 43.7 Å². The van der Waals surface area contributed by atoms with Crippen molar-refractivity contribution in [3.8, 4) is 0 Å². The fraction of sp³-hybridized carbons (Fsp3) is 0.833. The second kappa shape index (κ2) is 5.24. The Bertz CT molecular complexity index is 339. The molecule has 0 aromatic heterocycles. The molecule has 1 aliphatic heterocycles. The van der Waals surface area contributed by atoms with Crippen molar-refractivity contribution in [1.82, 2.24) is 5.32 Å². The molecule has 1 saturated heterocycles. The highest BCUT2D eigenvalue weighted by atomic mass is 16.5. The Morgan fingerprint density at radius 3 is 2.50 bits per heavy atom. The van der Waals surface area contributed by atoms with Crippen LogP contribution in [0.2, 0.25) is 0 Å². The Morgan fingerprint density at radius 1 is 1.33 bits per heavy atom. The molecule has 4 N–H and O–H groups in total. The van der Waals surface area contributed by atoms with E-state index in [0.29, 0.717) is 13.2 Å². The minimum atomic E-state index is -0.871. The third kappa shape index (κ3) is 2.81. The number of carbonyl (C=O) groups excluding carboxylic acids is 1. The first-order valence-electron chi connectivity index (χ1n) is 6.40. The lowest BCUT2D eigenvalue weighted by Gasteiger charge is -2.30. The van der Waals surface area contributed by atoms with Gasteiger partial charge in [0.15, 0.2) is 0 Å². The molecular weight excluding hydrogens is 236 g/mol. The van der Waals surface area contributed by atoms with Crippen LogP contribution in [0.3, 0.4) is 0 Å². The molecule has 18 heavy (non-hydrogen) atoms. The molecule has 1 saturated carbocycles. The summed E-state index contributed by atoms with van der Waals surface area (Å²) in [6.07, 6.45) is 3.37. The number of hydrogen-bond donors (Lipinski definition) is 3. The summed E-state index contributed by atoms with van der Waals surface area (Å²) in [4.78, 5) is 23.1. The zero-order valence-electron chi connectivity index (χ0n) is 10.4. The predicted molar refractivity (Wildman–Crippen MR) is 63.9 cm³/mol. The molecular formula is C12H20N2O4. The summed E-state index contributed by atoms with van der Waals surface area (Å²) in [6, 6.07) is -0.284. The first-order chi connectivity index (χ1) is 8.52. The van der Waals surface area contributed by atoms with Crippen LogP contribution in [-0.2, 0) is 14.3 Å². The van der Waals surface area contributed by atoms with Crippen LogP contribution in [0.5, 0.6) is 0 Å². The van der Waals surface area contributed by atoms with Gasteiger partial charge in [-0.05, 0) is 12.8 Å². The number of ether oxygens (including phenoxy) is 1. The maximum Gasteiger partial charge on any atom is 0.305 e. The highest BCUT2D eigenvalue weighted by Gasteiger charge is 2.40. The smallest absolute Gasteiger partial charge is 0.305 e. The van der Waals surface area contributed by atoms with Crippen LogP contribution in [0.15, 0.2) is 0 Å². The normalized spacial score (nSPS) is 30.3. The second-order valence-corrected chi connectivity index (χ2v) is 5.36. The number of aliphatic carboxylic acids is 1. The number of carboxylic acid groups (broad SMARTS) is 1.